The predicted molar refractivity (Wildman–Crippen MR) is 62.6 cm³/mol. The van der Waals surface area contributed by atoms with Crippen molar-refractivity contribution in [2.24, 2.45) is 11.7 Å². The molecule has 0 radical (unpaired) electrons. The molecule has 0 saturated carbocycles. The summed E-state index contributed by atoms with van der Waals surface area (Å²) in [7, 11) is -3.09. The molecule has 0 fully saturated rings. The van der Waals surface area contributed by atoms with Gasteiger partial charge in [0.05, 0.1) is 18.1 Å². The standard InChI is InChI=1S/C10H23NO3S/c1-9(2)7-14-5-6-15(12,13)8-10(3,4)11/h9H,5-8,11H2,1-4H3. The number of nitrogens with two attached hydrogens (primary N) is 1. The van der Waals surface area contributed by atoms with Gasteiger partial charge in [-0.05, 0) is 19.8 Å². The molecule has 0 aliphatic rings. The second kappa shape index (κ2) is 5.82. The summed E-state index contributed by atoms with van der Waals surface area (Å²) in [4.78, 5) is 0. The van der Waals surface area contributed by atoms with Crippen molar-refractivity contribution in [2.45, 2.75) is 33.2 Å². The number of ether oxygens (including phenoxy) is 1. The van der Waals surface area contributed by atoms with E-state index in [1.54, 1.807) is 13.8 Å². The average molecular weight is 237 g/mol. The van der Waals surface area contributed by atoms with E-state index in [0.29, 0.717) is 12.5 Å². The molecule has 0 amide bonds. The molecule has 0 aromatic heterocycles. The van der Waals surface area contributed by atoms with E-state index >= 15 is 0 Å². The molecule has 0 atom stereocenters. The first kappa shape index (κ1) is 14.9. The molecular formula is C10H23NO3S. The molecule has 0 aromatic carbocycles. The Labute approximate surface area is 93.1 Å². The van der Waals surface area contributed by atoms with Gasteiger partial charge in [0.2, 0.25) is 0 Å². The Bertz CT molecular complexity index is 265. The van der Waals surface area contributed by atoms with Gasteiger partial charge in [0.15, 0.2) is 9.84 Å². The first-order valence-corrected chi connectivity index (χ1v) is 7.01. The minimum atomic E-state index is -3.09. The van der Waals surface area contributed by atoms with E-state index in [1.807, 2.05) is 13.8 Å². The van der Waals surface area contributed by atoms with Gasteiger partial charge in [-0.1, -0.05) is 13.8 Å². The lowest BCUT2D eigenvalue weighted by Crippen LogP contribution is -2.41. The van der Waals surface area contributed by atoms with Crippen LogP contribution in [0.15, 0.2) is 0 Å². The molecule has 0 rings (SSSR count). The fourth-order valence-electron chi connectivity index (χ4n) is 1.14. The zero-order valence-electron chi connectivity index (χ0n) is 10.1. The molecule has 0 heterocycles. The topological polar surface area (TPSA) is 69.4 Å². The van der Waals surface area contributed by atoms with Crippen molar-refractivity contribution in [1.82, 2.24) is 0 Å². The molecule has 0 spiro atoms. The van der Waals surface area contributed by atoms with Gasteiger partial charge in [-0.15, -0.1) is 0 Å². The molecule has 0 aliphatic heterocycles. The maximum atomic E-state index is 11.5. The van der Waals surface area contributed by atoms with E-state index in [2.05, 4.69) is 0 Å². The van der Waals surface area contributed by atoms with Gasteiger partial charge in [-0.25, -0.2) is 8.42 Å². The van der Waals surface area contributed by atoms with Crippen LogP contribution in [-0.2, 0) is 14.6 Å². The molecule has 0 saturated heterocycles. The van der Waals surface area contributed by atoms with E-state index in [4.69, 9.17) is 10.5 Å². The molecule has 0 unspecified atom stereocenters. The lowest BCUT2D eigenvalue weighted by Gasteiger charge is -2.18. The van der Waals surface area contributed by atoms with Crippen LogP contribution in [0.25, 0.3) is 0 Å². The first-order valence-electron chi connectivity index (χ1n) is 5.19. The highest BCUT2D eigenvalue weighted by Crippen LogP contribution is 2.04. The van der Waals surface area contributed by atoms with Crippen LogP contribution in [0.3, 0.4) is 0 Å². The van der Waals surface area contributed by atoms with Gasteiger partial charge in [-0.3, -0.25) is 0 Å². The normalized spacial score (nSPS) is 13.5. The summed E-state index contributed by atoms with van der Waals surface area (Å²) in [6.07, 6.45) is 0. The van der Waals surface area contributed by atoms with E-state index in [-0.39, 0.29) is 18.1 Å². The highest BCUT2D eigenvalue weighted by Gasteiger charge is 2.21. The maximum Gasteiger partial charge on any atom is 0.154 e. The summed E-state index contributed by atoms with van der Waals surface area (Å²) in [6.45, 7) is 8.33. The van der Waals surface area contributed by atoms with E-state index in [9.17, 15) is 8.42 Å². The summed E-state index contributed by atoms with van der Waals surface area (Å²) >= 11 is 0. The summed E-state index contributed by atoms with van der Waals surface area (Å²) in [5.41, 5.74) is 4.98. The largest absolute Gasteiger partial charge is 0.380 e. The third-order valence-corrected chi connectivity index (χ3v) is 3.55. The molecular weight excluding hydrogens is 214 g/mol. The van der Waals surface area contributed by atoms with Crippen LogP contribution < -0.4 is 5.73 Å². The van der Waals surface area contributed by atoms with Crippen molar-refractivity contribution in [3.8, 4) is 0 Å². The van der Waals surface area contributed by atoms with Gasteiger partial charge in [0.1, 0.15) is 0 Å². The number of rotatable bonds is 7. The summed E-state index contributed by atoms with van der Waals surface area (Å²) in [5, 5.41) is 0. The van der Waals surface area contributed by atoms with Crippen LogP contribution in [0, 0.1) is 5.92 Å². The summed E-state index contributed by atoms with van der Waals surface area (Å²) in [5.74, 6) is 0.490. The Morgan fingerprint density at radius 2 is 1.87 bits per heavy atom. The Morgan fingerprint density at radius 1 is 1.33 bits per heavy atom. The van der Waals surface area contributed by atoms with E-state index in [0.717, 1.165) is 0 Å². The van der Waals surface area contributed by atoms with Gasteiger partial charge >= 0.3 is 0 Å². The predicted octanol–water partition coefficient (Wildman–Crippen LogP) is 0.811. The Kier molecular flexibility index (Phi) is 5.77. The number of sulfone groups is 1. The maximum absolute atomic E-state index is 11.5. The SMILES string of the molecule is CC(C)COCCS(=O)(=O)CC(C)(C)N. The van der Waals surface area contributed by atoms with Crippen LogP contribution in [-0.4, -0.2) is 38.7 Å². The highest BCUT2D eigenvalue weighted by molar-refractivity contribution is 7.91. The fraction of sp³-hybridized carbons (Fsp3) is 1.00. The van der Waals surface area contributed by atoms with Crippen LogP contribution in [0.2, 0.25) is 0 Å². The molecule has 2 N–H and O–H groups in total. The zero-order chi connectivity index (χ0) is 12.1. The third-order valence-electron chi connectivity index (χ3n) is 1.58. The minimum Gasteiger partial charge on any atom is -0.380 e. The zero-order valence-corrected chi connectivity index (χ0v) is 10.9. The minimum absolute atomic E-state index is 0.00500. The molecule has 0 aliphatic carbocycles. The van der Waals surface area contributed by atoms with E-state index < -0.39 is 15.4 Å². The molecule has 15 heavy (non-hydrogen) atoms. The summed E-state index contributed by atoms with van der Waals surface area (Å²) < 4.78 is 28.3. The Balaban J connectivity index is 3.86. The van der Waals surface area contributed by atoms with Crippen LogP contribution in [0.4, 0.5) is 0 Å². The monoisotopic (exact) mass is 237 g/mol. The lowest BCUT2D eigenvalue weighted by atomic mass is 10.1. The van der Waals surface area contributed by atoms with Crippen molar-refractivity contribution in [2.75, 3.05) is 24.7 Å². The van der Waals surface area contributed by atoms with Crippen molar-refractivity contribution in [1.29, 1.82) is 0 Å². The molecule has 92 valence electrons. The van der Waals surface area contributed by atoms with Crippen LogP contribution >= 0.6 is 0 Å². The molecule has 0 bridgehead atoms. The third kappa shape index (κ3) is 10.2. The van der Waals surface area contributed by atoms with Crippen molar-refractivity contribution in [3.05, 3.63) is 0 Å². The van der Waals surface area contributed by atoms with Gasteiger partial charge in [0, 0.05) is 12.1 Å². The second-order valence-electron chi connectivity index (χ2n) is 5.05. The average Bonchev–Trinajstić information content (AvgIpc) is 1.93. The second-order valence-corrected chi connectivity index (χ2v) is 7.23. The van der Waals surface area contributed by atoms with Gasteiger partial charge in [-0.2, -0.15) is 0 Å². The fourth-order valence-corrected chi connectivity index (χ4v) is 2.79. The lowest BCUT2D eigenvalue weighted by molar-refractivity contribution is 0.123. The van der Waals surface area contributed by atoms with Crippen molar-refractivity contribution >= 4 is 9.84 Å². The number of hydrogen-bond donors (Lipinski definition) is 1. The Hall–Kier alpha value is -0.130. The van der Waals surface area contributed by atoms with Crippen LogP contribution in [0.5, 0.6) is 0 Å². The highest BCUT2D eigenvalue weighted by atomic mass is 32.2. The smallest absolute Gasteiger partial charge is 0.154 e. The summed E-state index contributed by atoms with van der Waals surface area (Å²) in [6, 6.07) is 0. The van der Waals surface area contributed by atoms with Gasteiger partial charge in [0.25, 0.3) is 0 Å². The van der Waals surface area contributed by atoms with Gasteiger partial charge < -0.3 is 10.5 Å². The van der Waals surface area contributed by atoms with Crippen molar-refractivity contribution in [3.63, 3.8) is 0 Å². The van der Waals surface area contributed by atoms with Crippen molar-refractivity contribution < 1.29 is 13.2 Å². The molecule has 5 heteroatoms. The Morgan fingerprint density at radius 3 is 2.27 bits per heavy atom. The van der Waals surface area contributed by atoms with E-state index in [1.165, 1.54) is 0 Å². The number of hydrogen-bond acceptors (Lipinski definition) is 4. The van der Waals surface area contributed by atoms with Crippen LogP contribution in [0.1, 0.15) is 27.7 Å². The molecule has 0 aromatic rings. The quantitative estimate of drug-likeness (QED) is 0.665. The molecule has 4 nitrogen and oxygen atoms in total. The first-order chi connectivity index (χ1) is 6.62.